The zero-order valence-corrected chi connectivity index (χ0v) is 6.85. The Morgan fingerprint density at radius 1 is 1.27 bits per heavy atom. The molecule has 1 aromatic carbocycles. The Balaban J connectivity index is 3.29. The summed E-state index contributed by atoms with van der Waals surface area (Å²) in [6.07, 6.45) is 0. The molecule has 0 bridgehead atoms. The Morgan fingerprint density at radius 3 is 2.27 bits per heavy atom. The van der Waals surface area contributed by atoms with Gasteiger partial charge >= 0.3 is 0 Å². The van der Waals surface area contributed by atoms with E-state index < -0.39 is 0 Å². The third-order valence-corrected chi connectivity index (χ3v) is 1.75. The summed E-state index contributed by atoms with van der Waals surface area (Å²) in [5.41, 5.74) is 12.0. The lowest BCUT2D eigenvalue weighted by Gasteiger charge is -2.07. The van der Waals surface area contributed by atoms with Crippen LogP contribution in [0.15, 0.2) is 12.1 Å². The van der Waals surface area contributed by atoms with E-state index in [0.717, 1.165) is 0 Å². The van der Waals surface area contributed by atoms with Crippen molar-refractivity contribution in [2.45, 2.75) is 0 Å². The second kappa shape index (κ2) is 2.88. The molecule has 0 saturated carbocycles. The van der Waals surface area contributed by atoms with Crippen LogP contribution >= 0.6 is 11.6 Å². The molecule has 0 saturated heterocycles. The molecule has 0 amide bonds. The molecule has 1 rings (SSSR count). The number of benzene rings is 1. The number of hydrogen-bond donors (Lipinski definition) is 2. The molecule has 0 spiro atoms. The van der Waals surface area contributed by atoms with Crippen molar-refractivity contribution in [2.24, 2.45) is 0 Å². The van der Waals surface area contributed by atoms with Gasteiger partial charge in [-0.3, -0.25) is 0 Å². The van der Waals surface area contributed by atoms with Crippen molar-refractivity contribution in [1.29, 1.82) is 0 Å². The maximum absolute atomic E-state index is 5.77. The Bertz CT molecular complexity index is 275. The predicted molar refractivity (Wildman–Crippen MR) is 46.8 cm³/mol. The van der Waals surface area contributed by atoms with Crippen LogP contribution in [0.25, 0.3) is 0 Å². The average Bonchev–Trinajstić information content (AvgIpc) is 1.99. The highest BCUT2D eigenvalue weighted by Crippen LogP contribution is 2.34. The van der Waals surface area contributed by atoms with Gasteiger partial charge in [0.05, 0.1) is 18.5 Å². The number of nitrogens with two attached hydrogens (primary N) is 2. The van der Waals surface area contributed by atoms with Gasteiger partial charge in [-0.1, -0.05) is 11.6 Å². The van der Waals surface area contributed by atoms with Crippen LogP contribution < -0.4 is 16.2 Å². The maximum Gasteiger partial charge on any atom is 0.162 e. The highest BCUT2D eigenvalue weighted by molar-refractivity contribution is 6.35. The molecule has 0 fully saturated rings. The summed E-state index contributed by atoms with van der Waals surface area (Å²) in [7, 11) is 1.50. The maximum atomic E-state index is 5.77. The van der Waals surface area contributed by atoms with Crippen molar-refractivity contribution in [3.63, 3.8) is 0 Å². The second-order valence-corrected chi connectivity index (χ2v) is 2.47. The minimum Gasteiger partial charge on any atom is -0.493 e. The minimum atomic E-state index is 0.368. The van der Waals surface area contributed by atoms with E-state index in [9.17, 15) is 0 Å². The molecule has 60 valence electrons. The van der Waals surface area contributed by atoms with Gasteiger partial charge < -0.3 is 16.2 Å². The second-order valence-electron chi connectivity index (χ2n) is 2.09. The van der Waals surface area contributed by atoms with E-state index in [1.807, 2.05) is 0 Å². The Hall–Kier alpha value is -1.09. The number of nitrogen functional groups attached to an aromatic ring is 2. The normalized spacial score (nSPS) is 9.64. The zero-order valence-electron chi connectivity index (χ0n) is 6.10. The monoisotopic (exact) mass is 172 g/mol. The summed E-state index contributed by atoms with van der Waals surface area (Å²) in [5, 5.41) is 0.368. The lowest BCUT2D eigenvalue weighted by Crippen LogP contribution is -1.95. The average molecular weight is 173 g/mol. The van der Waals surface area contributed by atoms with Crippen LogP contribution in [0.2, 0.25) is 5.02 Å². The molecule has 0 unspecified atom stereocenters. The van der Waals surface area contributed by atoms with Crippen LogP contribution in [0.3, 0.4) is 0 Å². The first-order chi connectivity index (χ1) is 5.16. The largest absolute Gasteiger partial charge is 0.493 e. The van der Waals surface area contributed by atoms with Gasteiger partial charge in [-0.2, -0.15) is 0 Å². The molecule has 0 aliphatic rings. The molecule has 0 heterocycles. The van der Waals surface area contributed by atoms with Gasteiger partial charge in [-0.05, 0) is 12.1 Å². The molecule has 11 heavy (non-hydrogen) atoms. The van der Waals surface area contributed by atoms with Gasteiger partial charge in [0.2, 0.25) is 0 Å². The van der Waals surface area contributed by atoms with Crippen LogP contribution in [0.5, 0.6) is 5.75 Å². The fraction of sp³-hybridized carbons (Fsp3) is 0.143. The molecule has 0 atom stereocenters. The van der Waals surface area contributed by atoms with Crippen LogP contribution in [0.1, 0.15) is 0 Å². The molecule has 0 radical (unpaired) electrons. The van der Waals surface area contributed by atoms with E-state index in [4.69, 9.17) is 27.8 Å². The standard InChI is InChI=1S/C7H9ClN2O/c1-11-7-5(10)3-2-4(9)6(7)8/h2-3H,9-10H2,1H3. The molecule has 4 N–H and O–H groups in total. The van der Waals surface area contributed by atoms with Crippen LogP contribution in [-0.2, 0) is 0 Å². The van der Waals surface area contributed by atoms with Crippen molar-refractivity contribution in [3.05, 3.63) is 17.2 Å². The summed E-state index contributed by atoms with van der Waals surface area (Å²) in [6, 6.07) is 3.29. The molecular formula is C7H9ClN2O. The van der Waals surface area contributed by atoms with Crippen LogP contribution in [0, 0.1) is 0 Å². The lowest BCUT2D eigenvalue weighted by molar-refractivity contribution is 0.417. The summed E-state index contributed by atoms with van der Waals surface area (Å²) < 4.78 is 4.92. The molecule has 1 aromatic rings. The number of anilines is 2. The molecular weight excluding hydrogens is 164 g/mol. The topological polar surface area (TPSA) is 61.3 Å². The van der Waals surface area contributed by atoms with Gasteiger partial charge in [0.25, 0.3) is 0 Å². The van der Waals surface area contributed by atoms with Crippen molar-refractivity contribution >= 4 is 23.0 Å². The van der Waals surface area contributed by atoms with E-state index in [2.05, 4.69) is 0 Å². The van der Waals surface area contributed by atoms with Gasteiger partial charge in [-0.15, -0.1) is 0 Å². The third-order valence-electron chi connectivity index (χ3n) is 1.36. The van der Waals surface area contributed by atoms with E-state index >= 15 is 0 Å². The van der Waals surface area contributed by atoms with Gasteiger partial charge in [0, 0.05) is 0 Å². The van der Waals surface area contributed by atoms with Gasteiger partial charge in [-0.25, -0.2) is 0 Å². The third kappa shape index (κ3) is 1.33. The first-order valence-corrected chi connectivity index (χ1v) is 3.42. The summed E-state index contributed by atoms with van der Waals surface area (Å²) in [6.45, 7) is 0. The zero-order chi connectivity index (χ0) is 8.43. The first kappa shape index (κ1) is 8.01. The predicted octanol–water partition coefficient (Wildman–Crippen LogP) is 1.51. The van der Waals surface area contributed by atoms with Crippen LogP contribution in [-0.4, -0.2) is 7.11 Å². The molecule has 0 aliphatic heterocycles. The Kier molecular flexibility index (Phi) is 2.10. The van der Waals surface area contributed by atoms with Crippen molar-refractivity contribution in [3.8, 4) is 5.75 Å². The molecule has 0 aliphatic carbocycles. The fourth-order valence-electron chi connectivity index (χ4n) is 0.794. The highest BCUT2D eigenvalue weighted by atomic mass is 35.5. The minimum absolute atomic E-state index is 0.368. The number of rotatable bonds is 1. The lowest BCUT2D eigenvalue weighted by atomic mass is 10.2. The quantitative estimate of drug-likeness (QED) is 0.632. The van der Waals surface area contributed by atoms with Crippen molar-refractivity contribution in [2.75, 3.05) is 18.6 Å². The van der Waals surface area contributed by atoms with Crippen molar-refractivity contribution < 1.29 is 4.74 Å². The summed E-state index contributed by atoms with van der Waals surface area (Å²) >= 11 is 5.77. The Labute approximate surface area is 69.9 Å². The fourth-order valence-corrected chi connectivity index (χ4v) is 1.04. The van der Waals surface area contributed by atoms with Gasteiger partial charge in [0.15, 0.2) is 5.75 Å². The number of ether oxygens (including phenoxy) is 1. The number of methoxy groups -OCH3 is 1. The molecule has 4 heteroatoms. The Morgan fingerprint density at radius 2 is 1.82 bits per heavy atom. The van der Waals surface area contributed by atoms with E-state index in [1.54, 1.807) is 12.1 Å². The first-order valence-electron chi connectivity index (χ1n) is 3.04. The van der Waals surface area contributed by atoms with E-state index in [-0.39, 0.29) is 0 Å². The number of halogens is 1. The van der Waals surface area contributed by atoms with E-state index in [0.29, 0.717) is 22.1 Å². The van der Waals surface area contributed by atoms with Gasteiger partial charge in [0.1, 0.15) is 5.02 Å². The number of hydrogen-bond acceptors (Lipinski definition) is 3. The summed E-state index contributed by atoms with van der Waals surface area (Å²) in [5.74, 6) is 0.437. The highest BCUT2D eigenvalue weighted by Gasteiger charge is 2.06. The molecule has 0 aromatic heterocycles. The SMILES string of the molecule is COc1c(N)ccc(N)c1Cl. The van der Waals surface area contributed by atoms with Crippen molar-refractivity contribution in [1.82, 2.24) is 0 Å². The molecule has 3 nitrogen and oxygen atoms in total. The van der Waals surface area contributed by atoms with Crippen LogP contribution in [0.4, 0.5) is 11.4 Å². The van der Waals surface area contributed by atoms with E-state index in [1.165, 1.54) is 7.11 Å². The smallest absolute Gasteiger partial charge is 0.162 e. The summed E-state index contributed by atoms with van der Waals surface area (Å²) in [4.78, 5) is 0.